The molecular formula is C16H27N3O3. The van der Waals surface area contributed by atoms with E-state index in [1.54, 1.807) is 4.90 Å². The van der Waals surface area contributed by atoms with Crippen LogP contribution >= 0.6 is 0 Å². The largest absolute Gasteiger partial charge is 0.363 e. The number of likely N-dealkylation sites (tertiary alicyclic amines) is 2. The van der Waals surface area contributed by atoms with Crippen molar-refractivity contribution in [2.75, 3.05) is 53.4 Å². The summed E-state index contributed by atoms with van der Waals surface area (Å²) in [6.45, 7) is 4.95. The predicted molar refractivity (Wildman–Crippen MR) is 82.4 cm³/mol. The van der Waals surface area contributed by atoms with E-state index in [4.69, 9.17) is 4.74 Å². The van der Waals surface area contributed by atoms with Gasteiger partial charge in [-0.15, -0.1) is 0 Å². The number of piperidine rings is 2. The van der Waals surface area contributed by atoms with Crippen LogP contribution < -0.4 is 0 Å². The van der Waals surface area contributed by atoms with Crippen molar-refractivity contribution in [3.63, 3.8) is 0 Å². The lowest BCUT2D eigenvalue weighted by Crippen LogP contribution is -2.58. The molecule has 0 radical (unpaired) electrons. The van der Waals surface area contributed by atoms with Crippen molar-refractivity contribution in [3.8, 4) is 0 Å². The topological polar surface area (TPSA) is 53.1 Å². The third-order valence-corrected chi connectivity index (χ3v) is 5.46. The molecule has 3 heterocycles. The lowest BCUT2D eigenvalue weighted by molar-refractivity contribution is -0.169. The zero-order valence-electron chi connectivity index (χ0n) is 13.7. The molecule has 124 valence electrons. The highest BCUT2D eigenvalue weighted by Gasteiger charge is 2.41. The first-order chi connectivity index (χ1) is 10.5. The average molecular weight is 309 g/mol. The molecule has 6 nitrogen and oxygen atoms in total. The monoisotopic (exact) mass is 309 g/mol. The van der Waals surface area contributed by atoms with Gasteiger partial charge in [0.05, 0.1) is 5.60 Å². The maximum Gasteiger partial charge on any atom is 0.248 e. The van der Waals surface area contributed by atoms with Crippen molar-refractivity contribution < 1.29 is 14.3 Å². The summed E-state index contributed by atoms with van der Waals surface area (Å²) in [5.41, 5.74) is -0.127. The fourth-order valence-corrected chi connectivity index (χ4v) is 3.95. The summed E-state index contributed by atoms with van der Waals surface area (Å²) in [4.78, 5) is 29.3. The average Bonchev–Trinajstić information content (AvgIpc) is 2.50. The molecule has 2 amide bonds. The lowest BCUT2D eigenvalue weighted by Gasteiger charge is -2.47. The standard InChI is InChI=1S/C16H27N3O3/c1-17-9-13(3-4-14(17)20)10-19-7-5-16(6-8-19)12-18(2)15(21)11-22-16/h13H,3-12H2,1-2H3. The Morgan fingerprint density at radius 2 is 1.86 bits per heavy atom. The molecule has 6 heteroatoms. The highest BCUT2D eigenvalue weighted by atomic mass is 16.5. The molecule has 3 rings (SSSR count). The Bertz CT molecular complexity index is 446. The van der Waals surface area contributed by atoms with E-state index in [1.165, 1.54) is 0 Å². The van der Waals surface area contributed by atoms with Gasteiger partial charge in [0.2, 0.25) is 11.8 Å². The fraction of sp³-hybridized carbons (Fsp3) is 0.875. The van der Waals surface area contributed by atoms with Gasteiger partial charge in [-0.05, 0) is 25.2 Å². The number of likely N-dealkylation sites (N-methyl/N-ethyl adjacent to an activating group) is 1. The van der Waals surface area contributed by atoms with Gasteiger partial charge in [-0.2, -0.15) is 0 Å². The molecule has 3 fully saturated rings. The number of rotatable bonds is 2. The zero-order chi connectivity index (χ0) is 15.7. The molecule has 0 N–H and O–H groups in total. The molecule has 1 atom stereocenters. The van der Waals surface area contributed by atoms with Crippen LogP contribution in [0.5, 0.6) is 0 Å². The molecule has 0 aromatic heterocycles. The van der Waals surface area contributed by atoms with E-state index in [2.05, 4.69) is 4.90 Å². The maximum atomic E-state index is 11.6. The van der Waals surface area contributed by atoms with Crippen LogP contribution in [-0.2, 0) is 14.3 Å². The van der Waals surface area contributed by atoms with E-state index in [0.29, 0.717) is 12.3 Å². The Labute approximate surface area is 132 Å². The summed E-state index contributed by atoms with van der Waals surface area (Å²) in [5, 5.41) is 0. The van der Waals surface area contributed by atoms with Crippen molar-refractivity contribution in [1.29, 1.82) is 0 Å². The summed E-state index contributed by atoms with van der Waals surface area (Å²) in [6.07, 6.45) is 3.69. The van der Waals surface area contributed by atoms with Crippen LogP contribution in [-0.4, -0.2) is 85.5 Å². The van der Waals surface area contributed by atoms with Crippen LogP contribution in [0.4, 0.5) is 0 Å². The van der Waals surface area contributed by atoms with E-state index in [1.807, 2.05) is 19.0 Å². The second-order valence-corrected chi connectivity index (χ2v) is 7.20. The predicted octanol–water partition coefficient (Wildman–Crippen LogP) is 0.178. The Balaban J connectivity index is 1.48. The molecule has 0 bridgehead atoms. The molecule has 3 aliphatic rings. The van der Waals surface area contributed by atoms with Gasteiger partial charge in [-0.3, -0.25) is 9.59 Å². The Kier molecular flexibility index (Phi) is 4.41. The lowest BCUT2D eigenvalue weighted by atomic mass is 9.88. The molecule has 0 aromatic carbocycles. The number of carbonyl (C=O) groups is 2. The smallest absolute Gasteiger partial charge is 0.248 e. The summed E-state index contributed by atoms with van der Waals surface area (Å²) in [5.74, 6) is 0.952. The first kappa shape index (κ1) is 15.7. The number of ether oxygens (including phenoxy) is 1. The van der Waals surface area contributed by atoms with Crippen molar-refractivity contribution >= 4 is 11.8 Å². The van der Waals surface area contributed by atoms with E-state index >= 15 is 0 Å². The van der Waals surface area contributed by atoms with Gasteiger partial charge in [0.15, 0.2) is 0 Å². The maximum absolute atomic E-state index is 11.6. The van der Waals surface area contributed by atoms with Gasteiger partial charge < -0.3 is 19.4 Å². The van der Waals surface area contributed by atoms with Gasteiger partial charge in [0.1, 0.15) is 6.61 Å². The SMILES string of the molecule is CN1CC(CN2CCC3(CC2)CN(C)C(=O)CO3)CCC1=O. The first-order valence-electron chi connectivity index (χ1n) is 8.32. The van der Waals surface area contributed by atoms with Crippen LogP contribution in [0, 0.1) is 5.92 Å². The third kappa shape index (κ3) is 3.27. The molecule has 0 aromatic rings. The van der Waals surface area contributed by atoms with Crippen molar-refractivity contribution in [2.45, 2.75) is 31.3 Å². The van der Waals surface area contributed by atoms with Crippen molar-refractivity contribution in [2.24, 2.45) is 5.92 Å². The zero-order valence-corrected chi connectivity index (χ0v) is 13.7. The normalized spacial score (nSPS) is 30.2. The molecule has 22 heavy (non-hydrogen) atoms. The van der Waals surface area contributed by atoms with Crippen LogP contribution in [0.25, 0.3) is 0 Å². The fourth-order valence-electron chi connectivity index (χ4n) is 3.95. The number of carbonyl (C=O) groups excluding carboxylic acids is 2. The quantitative estimate of drug-likeness (QED) is 0.730. The number of nitrogens with zero attached hydrogens (tertiary/aromatic N) is 3. The summed E-state index contributed by atoms with van der Waals surface area (Å²) in [7, 11) is 3.77. The third-order valence-electron chi connectivity index (χ3n) is 5.46. The molecule has 3 saturated heterocycles. The number of morpholine rings is 1. The first-order valence-corrected chi connectivity index (χ1v) is 8.32. The van der Waals surface area contributed by atoms with E-state index in [0.717, 1.165) is 52.0 Å². The number of hydrogen-bond acceptors (Lipinski definition) is 4. The molecule has 1 unspecified atom stereocenters. The molecular weight excluding hydrogens is 282 g/mol. The van der Waals surface area contributed by atoms with Crippen molar-refractivity contribution in [1.82, 2.24) is 14.7 Å². The minimum Gasteiger partial charge on any atom is -0.363 e. The van der Waals surface area contributed by atoms with Gasteiger partial charge >= 0.3 is 0 Å². The second-order valence-electron chi connectivity index (χ2n) is 7.20. The van der Waals surface area contributed by atoms with Crippen LogP contribution in [0.15, 0.2) is 0 Å². The minimum atomic E-state index is -0.127. The summed E-state index contributed by atoms with van der Waals surface area (Å²) >= 11 is 0. The summed E-state index contributed by atoms with van der Waals surface area (Å²) < 4.78 is 5.89. The van der Waals surface area contributed by atoms with Crippen molar-refractivity contribution in [3.05, 3.63) is 0 Å². The Morgan fingerprint density at radius 1 is 1.14 bits per heavy atom. The van der Waals surface area contributed by atoms with E-state index in [-0.39, 0.29) is 24.0 Å². The van der Waals surface area contributed by atoms with Crippen LogP contribution in [0.1, 0.15) is 25.7 Å². The highest BCUT2D eigenvalue weighted by Crippen LogP contribution is 2.30. The minimum absolute atomic E-state index is 0.0861. The summed E-state index contributed by atoms with van der Waals surface area (Å²) in [6, 6.07) is 0. The van der Waals surface area contributed by atoms with Gasteiger partial charge in [-0.1, -0.05) is 0 Å². The molecule has 1 spiro atoms. The number of amides is 2. The second kappa shape index (κ2) is 6.16. The molecule has 0 saturated carbocycles. The van der Waals surface area contributed by atoms with E-state index < -0.39 is 0 Å². The molecule has 0 aliphatic carbocycles. The van der Waals surface area contributed by atoms with E-state index in [9.17, 15) is 9.59 Å². The molecule has 3 aliphatic heterocycles. The van der Waals surface area contributed by atoms with Crippen LogP contribution in [0.2, 0.25) is 0 Å². The number of hydrogen-bond donors (Lipinski definition) is 0. The Hall–Kier alpha value is -1.14. The Morgan fingerprint density at radius 3 is 2.50 bits per heavy atom. The van der Waals surface area contributed by atoms with Gasteiger partial charge in [-0.25, -0.2) is 0 Å². The van der Waals surface area contributed by atoms with Gasteiger partial charge in [0.25, 0.3) is 0 Å². The van der Waals surface area contributed by atoms with Gasteiger partial charge in [0, 0.05) is 53.2 Å². The van der Waals surface area contributed by atoms with Crippen LogP contribution in [0.3, 0.4) is 0 Å². The highest BCUT2D eigenvalue weighted by molar-refractivity contribution is 5.78.